The van der Waals surface area contributed by atoms with E-state index in [1.807, 2.05) is 25.1 Å². The van der Waals surface area contributed by atoms with Gasteiger partial charge in [0.25, 0.3) is 0 Å². The van der Waals surface area contributed by atoms with Gasteiger partial charge in [-0.1, -0.05) is 6.92 Å². The van der Waals surface area contributed by atoms with E-state index < -0.39 is 0 Å². The van der Waals surface area contributed by atoms with E-state index in [0.717, 1.165) is 17.3 Å². The Kier molecular flexibility index (Phi) is 3.20. The number of anilines is 1. The van der Waals surface area contributed by atoms with Crippen LogP contribution in [0.25, 0.3) is 16.7 Å². The fourth-order valence-corrected chi connectivity index (χ4v) is 1.95. The van der Waals surface area contributed by atoms with Crippen molar-refractivity contribution in [2.24, 2.45) is 0 Å². The van der Waals surface area contributed by atoms with Gasteiger partial charge < -0.3 is 10.5 Å². The molecule has 0 aliphatic carbocycles. The molecule has 0 aliphatic heterocycles. The van der Waals surface area contributed by atoms with E-state index in [1.165, 1.54) is 6.33 Å². The first-order valence-corrected chi connectivity index (χ1v) is 6.46. The molecule has 0 bridgehead atoms. The van der Waals surface area contributed by atoms with Gasteiger partial charge in [0.2, 0.25) is 5.88 Å². The molecule has 3 rings (SSSR count). The number of aromatic nitrogens is 4. The number of benzene rings is 1. The van der Waals surface area contributed by atoms with Crippen LogP contribution >= 0.6 is 0 Å². The number of fused-ring (bicyclic) bond motifs is 1. The van der Waals surface area contributed by atoms with Crippen molar-refractivity contribution in [1.82, 2.24) is 19.7 Å². The average Bonchev–Trinajstić information content (AvgIpc) is 2.88. The van der Waals surface area contributed by atoms with Crippen molar-refractivity contribution < 1.29 is 4.74 Å². The molecule has 2 N–H and O–H groups in total. The van der Waals surface area contributed by atoms with Crippen molar-refractivity contribution in [3.05, 3.63) is 36.8 Å². The highest BCUT2D eigenvalue weighted by molar-refractivity contribution is 5.83. The molecule has 102 valence electrons. The van der Waals surface area contributed by atoms with Crippen molar-refractivity contribution in [2.45, 2.75) is 13.3 Å². The third-order valence-electron chi connectivity index (χ3n) is 2.89. The lowest BCUT2D eigenvalue weighted by atomic mass is 10.2. The van der Waals surface area contributed by atoms with E-state index in [-0.39, 0.29) is 0 Å². The number of hydrogen-bond acceptors (Lipinski definition) is 5. The first-order chi connectivity index (χ1) is 9.78. The van der Waals surface area contributed by atoms with Crippen LogP contribution in [0.15, 0.2) is 36.8 Å². The molecule has 0 saturated heterocycles. The molecule has 2 aromatic heterocycles. The zero-order valence-electron chi connectivity index (χ0n) is 11.2. The van der Waals surface area contributed by atoms with Crippen LogP contribution in [0.3, 0.4) is 0 Å². The summed E-state index contributed by atoms with van der Waals surface area (Å²) < 4.78 is 7.24. The van der Waals surface area contributed by atoms with Gasteiger partial charge in [-0.25, -0.2) is 14.6 Å². The van der Waals surface area contributed by atoms with Crippen LogP contribution in [-0.2, 0) is 0 Å². The number of nitrogen functional groups attached to an aromatic ring is 1. The Morgan fingerprint density at radius 2 is 2.15 bits per heavy atom. The minimum atomic E-state index is 0.546. The van der Waals surface area contributed by atoms with E-state index in [9.17, 15) is 0 Å². The highest BCUT2D eigenvalue weighted by atomic mass is 16.5. The Morgan fingerprint density at radius 3 is 3.00 bits per heavy atom. The molecule has 0 radical (unpaired) electrons. The number of rotatable bonds is 4. The molecule has 0 fully saturated rings. The molecule has 20 heavy (non-hydrogen) atoms. The van der Waals surface area contributed by atoms with Gasteiger partial charge in [0, 0.05) is 17.1 Å². The van der Waals surface area contributed by atoms with Crippen LogP contribution in [0.5, 0.6) is 5.88 Å². The van der Waals surface area contributed by atoms with Crippen molar-refractivity contribution in [1.29, 1.82) is 0 Å². The minimum absolute atomic E-state index is 0.546. The van der Waals surface area contributed by atoms with E-state index in [4.69, 9.17) is 10.5 Å². The monoisotopic (exact) mass is 269 g/mol. The smallest absolute Gasteiger partial charge is 0.218 e. The van der Waals surface area contributed by atoms with E-state index in [1.54, 1.807) is 16.9 Å². The standard InChI is InChI=1S/C14H15N5O/c1-2-5-20-14-7-13(16-9-17-14)19-12-6-11(15)4-3-10(12)8-18-19/h3-4,6-9H,2,5,15H2,1H3. The van der Waals surface area contributed by atoms with Gasteiger partial charge in [-0.3, -0.25) is 0 Å². The third kappa shape index (κ3) is 2.27. The maximum Gasteiger partial charge on any atom is 0.218 e. The van der Waals surface area contributed by atoms with Crippen LogP contribution in [0, 0.1) is 0 Å². The topological polar surface area (TPSA) is 78.9 Å². The van der Waals surface area contributed by atoms with Gasteiger partial charge in [-0.2, -0.15) is 5.10 Å². The lowest BCUT2D eigenvalue weighted by Gasteiger charge is -2.06. The zero-order valence-corrected chi connectivity index (χ0v) is 11.2. The maximum absolute atomic E-state index is 5.83. The molecule has 1 aromatic carbocycles. The normalized spacial score (nSPS) is 10.8. The summed E-state index contributed by atoms with van der Waals surface area (Å²) in [4.78, 5) is 8.32. The number of hydrogen-bond donors (Lipinski definition) is 1. The van der Waals surface area contributed by atoms with Crippen LogP contribution in [0.4, 0.5) is 5.69 Å². The second-order valence-corrected chi connectivity index (χ2v) is 4.44. The first-order valence-electron chi connectivity index (χ1n) is 6.46. The fraction of sp³-hybridized carbons (Fsp3) is 0.214. The summed E-state index contributed by atoms with van der Waals surface area (Å²) in [6.07, 6.45) is 4.18. The maximum atomic E-state index is 5.83. The number of ether oxygens (including phenoxy) is 1. The summed E-state index contributed by atoms with van der Waals surface area (Å²) in [6.45, 7) is 2.68. The molecule has 3 aromatic rings. The van der Waals surface area contributed by atoms with Crippen molar-refractivity contribution >= 4 is 16.6 Å². The second-order valence-electron chi connectivity index (χ2n) is 4.44. The molecule has 0 aliphatic rings. The minimum Gasteiger partial charge on any atom is -0.478 e. The molecule has 0 atom stereocenters. The molecule has 2 heterocycles. The molecule has 0 amide bonds. The molecular weight excluding hydrogens is 254 g/mol. The molecule has 0 saturated carbocycles. The summed E-state index contributed by atoms with van der Waals surface area (Å²) >= 11 is 0. The summed E-state index contributed by atoms with van der Waals surface area (Å²) in [5.74, 6) is 1.20. The summed E-state index contributed by atoms with van der Waals surface area (Å²) in [7, 11) is 0. The van der Waals surface area contributed by atoms with Crippen molar-refractivity contribution in [2.75, 3.05) is 12.3 Å². The van der Waals surface area contributed by atoms with Gasteiger partial charge >= 0.3 is 0 Å². The molecule has 6 heteroatoms. The Hall–Kier alpha value is -2.63. The number of nitrogens with zero attached hydrogens (tertiary/aromatic N) is 4. The predicted octanol–water partition coefficient (Wildman–Crippen LogP) is 2.19. The average molecular weight is 269 g/mol. The fourth-order valence-electron chi connectivity index (χ4n) is 1.95. The van der Waals surface area contributed by atoms with Crippen molar-refractivity contribution in [3.8, 4) is 11.7 Å². The third-order valence-corrected chi connectivity index (χ3v) is 2.89. The van der Waals surface area contributed by atoms with Crippen LogP contribution in [0.1, 0.15) is 13.3 Å². The quantitative estimate of drug-likeness (QED) is 0.734. The zero-order chi connectivity index (χ0) is 13.9. The lowest BCUT2D eigenvalue weighted by Crippen LogP contribution is -2.03. The van der Waals surface area contributed by atoms with Crippen LogP contribution < -0.4 is 10.5 Å². The van der Waals surface area contributed by atoms with Crippen molar-refractivity contribution in [3.63, 3.8) is 0 Å². The highest BCUT2D eigenvalue weighted by Gasteiger charge is 2.08. The lowest BCUT2D eigenvalue weighted by molar-refractivity contribution is 0.304. The van der Waals surface area contributed by atoms with E-state index in [2.05, 4.69) is 15.1 Å². The highest BCUT2D eigenvalue weighted by Crippen LogP contribution is 2.20. The molecule has 6 nitrogen and oxygen atoms in total. The number of nitrogens with two attached hydrogens (primary N) is 1. The van der Waals surface area contributed by atoms with Crippen LogP contribution in [0.2, 0.25) is 0 Å². The Bertz CT molecular complexity index is 737. The van der Waals surface area contributed by atoms with Crippen LogP contribution in [-0.4, -0.2) is 26.4 Å². The van der Waals surface area contributed by atoms with E-state index in [0.29, 0.717) is 24.0 Å². The molecular formula is C14H15N5O. The summed E-state index contributed by atoms with van der Waals surface area (Å²) in [5, 5.41) is 5.35. The second kappa shape index (κ2) is 5.16. The SMILES string of the molecule is CCCOc1cc(-n2ncc3ccc(N)cc32)ncn1. The molecule has 0 spiro atoms. The van der Waals surface area contributed by atoms with Gasteiger partial charge in [0.1, 0.15) is 6.33 Å². The van der Waals surface area contributed by atoms with E-state index >= 15 is 0 Å². The van der Waals surface area contributed by atoms with Gasteiger partial charge in [0.05, 0.1) is 18.3 Å². The first kappa shape index (κ1) is 12.4. The Labute approximate surface area is 116 Å². The van der Waals surface area contributed by atoms with Gasteiger partial charge in [-0.15, -0.1) is 0 Å². The van der Waals surface area contributed by atoms with Gasteiger partial charge in [-0.05, 0) is 24.6 Å². The Morgan fingerprint density at radius 1 is 1.25 bits per heavy atom. The largest absolute Gasteiger partial charge is 0.478 e. The van der Waals surface area contributed by atoms with Gasteiger partial charge in [0.15, 0.2) is 5.82 Å². The summed E-state index contributed by atoms with van der Waals surface area (Å²) in [6, 6.07) is 7.43. The summed E-state index contributed by atoms with van der Waals surface area (Å²) in [5.41, 5.74) is 7.43. The predicted molar refractivity (Wildman–Crippen MR) is 76.9 cm³/mol. The Balaban J connectivity index is 2.04. The molecule has 0 unspecified atom stereocenters.